The minimum atomic E-state index is -0.357. The third-order valence-electron chi connectivity index (χ3n) is 4.63. The first-order valence-corrected chi connectivity index (χ1v) is 8.00. The Morgan fingerprint density at radius 2 is 1.95 bits per heavy atom. The van der Waals surface area contributed by atoms with E-state index < -0.39 is 0 Å². The SMILES string of the molecule is CC(O)CCN(C)C(=O)NCC(C)(C)C1CCCCC1. The normalized spacial score (nSPS) is 18.6. The molecule has 0 spiro atoms. The largest absolute Gasteiger partial charge is 0.393 e. The highest BCUT2D eigenvalue weighted by Crippen LogP contribution is 2.37. The number of hydrogen-bond acceptors (Lipinski definition) is 2. The van der Waals surface area contributed by atoms with E-state index in [4.69, 9.17) is 0 Å². The second-order valence-electron chi connectivity index (χ2n) is 7.04. The summed E-state index contributed by atoms with van der Waals surface area (Å²) in [5.74, 6) is 0.722. The summed E-state index contributed by atoms with van der Waals surface area (Å²) in [6.45, 7) is 7.60. The maximum Gasteiger partial charge on any atom is 0.317 e. The van der Waals surface area contributed by atoms with Crippen molar-refractivity contribution in [2.24, 2.45) is 11.3 Å². The molecule has 118 valence electrons. The Kier molecular flexibility index (Phi) is 6.80. The number of nitrogens with zero attached hydrogens (tertiary/aromatic N) is 1. The molecule has 0 bridgehead atoms. The van der Waals surface area contributed by atoms with Crippen molar-refractivity contribution in [1.29, 1.82) is 0 Å². The minimum Gasteiger partial charge on any atom is -0.393 e. The lowest BCUT2D eigenvalue weighted by atomic mass is 9.71. The molecular weight excluding hydrogens is 252 g/mol. The van der Waals surface area contributed by atoms with E-state index >= 15 is 0 Å². The molecule has 2 N–H and O–H groups in total. The Labute approximate surface area is 123 Å². The summed E-state index contributed by atoms with van der Waals surface area (Å²) in [6.07, 6.45) is 6.87. The van der Waals surface area contributed by atoms with Gasteiger partial charge in [0.1, 0.15) is 0 Å². The van der Waals surface area contributed by atoms with Crippen LogP contribution in [0.25, 0.3) is 0 Å². The smallest absolute Gasteiger partial charge is 0.317 e. The molecule has 1 unspecified atom stereocenters. The van der Waals surface area contributed by atoms with E-state index in [1.807, 2.05) is 0 Å². The lowest BCUT2D eigenvalue weighted by Crippen LogP contribution is -2.44. The van der Waals surface area contributed by atoms with Crippen LogP contribution < -0.4 is 5.32 Å². The maximum atomic E-state index is 12.0. The third-order valence-corrected chi connectivity index (χ3v) is 4.63. The number of amides is 2. The van der Waals surface area contributed by atoms with E-state index in [9.17, 15) is 9.90 Å². The van der Waals surface area contributed by atoms with Crippen molar-refractivity contribution in [3.63, 3.8) is 0 Å². The maximum absolute atomic E-state index is 12.0. The molecule has 1 fully saturated rings. The van der Waals surface area contributed by atoms with Crippen molar-refractivity contribution >= 4 is 6.03 Å². The Balaban J connectivity index is 2.34. The van der Waals surface area contributed by atoms with Gasteiger partial charge in [-0.15, -0.1) is 0 Å². The number of hydrogen-bond donors (Lipinski definition) is 2. The molecule has 1 rings (SSSR count). The number of carbonyl (C=O) groups excluding carboxylic acids is 1. The molecule has 2 amide bonds. The fraction of sp³-hybridized carbons (Fsp3) is 0.938. The predicted molar refractivity (Wildman–Crippen MR) is 82.7 cm³/mol. The highest BCUT2D eigenvalue weighted by Gasteiger charge is 2.31. The fourth-order valence-electron chi connectivity index (χ4n) is 2.95. The van der Waals surface area contributed by atoms with Crippen LogP contribution in [0.3, 0.4) is 0 Å². The van der Waals surface area contributed by atoms with E-state index in [0.29, 0.717) is 13.0 Å². The first-order valence-electron chi connectivity index (χ1n) is 8.00. The minimum absolute atomic E-state index is 0.0328. The van der Waals surface area contributed by atoms with Gasteiger partial charge in [0.15, 0.2) is 0 Å². The highest BCUT2D eigenvalue weighted by molar-refractivity contribution is 5.73. The summed E-state index contributed by atoms with van der Waals surface area (Å²) >= 11 is 0. The number of nitrogens with one attached hydrogen (secondary N) is 1. The van der Waals surface area contributed by atoms with E-state index in [-0.39, 0.29) is 17.6 Å². The number of carbonyl (C=O) groups is 1. The summed E-state index contributed by atoms with van der Waals surface area (Å²) in [5, 5.41) is 12.3. The van der Waals surface area contributed by atoms with Crippen LogP contribution >= 0.6 is 0 Å². The molecule has 4 heteroatoms. The molecular formula is C16H32N2O2. The van der Waals surface area contributed by atoms with E-state index in [1.165, 1.54) is 32.1 Å². The van der Waals surface area contributed by atoms with Gasteiger partial charge in [-0.1, -0.05) is 33.1 Å². The fourth-order valence-corrected chi connectivity index (χ4v) is 2.95. The quantitative estimate of drug-likeness (QED) is 0.788. The number of aliphatic hydroxyl groups is 1. The molecule has 20 heavy (non-hydrogen) atoms. The molecule has 0 aromatic carbocycles. The van der Waals surface area contributed by atoms with Crippen molar-refractivity contribution in [3.8, 4) is 0 Å². The molecule has 0 aromatic heterocycles. The average Bonchev–Trinajstić information content (AvgIpc) is 2.43. The van der Waals surface area contributed by atoms with Gasteiger partial charge < -0.3 is 15.3 Å². The van der Waals surface area contributed by atoms with Gasteiger partial charge in [-0.3, -0.25) is 0 Å². The first-order chi connectivity index (χ1) is 9.33. The van der Waals surface area contributed by atoms with Crippen LogP contribution in [-0.4, -0.2) is 42.3 Å². The van der Waals surface area contributed by atoms with Crippen LogP contribution in [0.15, 0.2) is 0 Å². The van der Waals surface area contributed by atoms with Crippen molar-refractivity contribution in [3.05, 3.63) is 0 Å². The Morgan fingerprint density at radius 1 is 1.35 bits per heavy atom. The lowest BCUT2D eigenvalue weighted by molar-refractivity contribution is 0.143. The van der Waals surface area contributed by atoms with Crippen LogP contribution in [0, 0.1) is 11.3 Å². The van der Waals surface area contributed by atoms with Gasteiger partial charge in [0.25, 0.3) is 0 Å². The van der Waals surface area contributed by atoms with Crippen LogP contribution in [0.5, 0.6) is 0 Å². The summed E-state index contributed by atoms with van der Waals surface area (Å²) < 4.78 is 0. The van der Waals surface area contributed by atoms with E-state index in [0.717, 1.165) is 12.5 Å². The molecule has 4 nitrogen and oxygen atoms in total. The Bertz CT molecular complexity index is 297. The van der Waals surface area contributed by atoms with Crippen molar-refractivity contribution in [2.75, 3.05) is 20.1 Å². The molecule has 1 saturated carbocycles. The van der Waals surface area contributed by atoms with Gasteiger partial charge in [0.05, 0.1) is 6.10 Å². The first kappa shape index (κ1) is 17.3. The number of aliphatic hydroxyl groups excluding tert-OH is 1. The van der Waals surface area contributed by atoms with Crippen molar-refractivity contribution in [2.45, 2.75) is 65.4 Å². The van der Waals surface area contributed by atoms with Gasteiger partial charge in [-0.2, -0.15) is 0 Å². The van der Waals surface area contributed by atoms with Gasteiger partial charge >= 0.3 is 6.03 Å². The van der Waals surface area contributed by atoms with Gasteiger partial charge in [-0.25, -0.2) is 4.79 Å². The van der Waals surface area contributed by atoms with Gasteiger partial charge in [0.2, 0.25) is 0 Å². The second kappa shape index (κ2) is 7.87. The van der Waals surface area contributed by atoms with Crippen LogP contribution in [0.4, 0.5) is 4.79 Å². The van der Waals surface area contributed by atoms with Crippen molar-refractivity contribution in [1.82, 2.24) is 10.2 Å². The van der Waals surface area contributed by atoms with Crippen LogP contribution in [-0.2, 0) is 0 Å². The topological polar surface area (TPSA) is 52.6 Å². The van der Waals surface area contributed by atoms with Crippen molar-refractivity contribution < 1.29 is 9.90 Å². The molecule has 1 atom stereocenters. The standard InChI is InChI=1S/C16H32N2O2/c1-13(19)10-11-18(4)15(20)17-12-16(2,3)14-8-6-5-7-9-14/h13-14,19H,5-12H2,1-4H3,(H,17,20). The van der Waals surface area contributed by atoms with Crippen LogP contribution in [0.1, 0.15) is 59.3 Å². The summed E-state index contributed by atoms with van der Waals surface area (Å²) in [4.78, 5) is 13.7. The zero-order valence-corrected chi connectivity index (χ0v) is 13.6. The Morgan fingerprint density at radius 3 is 2.50 bits per heavy atom. The van der Waals surface area contributed by atoms with Gasteiger partial charge in [-0.05, 0) is 37.5 Å². The monoisotopic (exact) mass is 284 g/mol. The number of urea groups is 1. The molecule has 0 heterocycles. The molecule has 0 radical (unpaired) electrons. The highest BCUT2D eigenvalue weighted by atomic mass is 16.3. The Hall–Kier alpha value is -0.770. The van der Waals surface area contributed by atoms with E-state index in [1.54, 1.807) is 18.9 Å². The second-order valence-corrected chi connectivity index (χ2v) is 7.04. The van der Waals surface area contributed by atoms with Gasteiger partial charge in [0, 0.05) is 20.1 Å². The summed E-state index contributed by atoms with van der Waals surface area (Å²) in [5.41, 5.74) is 0.168. The zero-order valence-electron chi connectivity index (χ0n) is 13.6. The molecule has 0 saturated heterocycles. The lowest BCUT2D eigenvalue weighted by Gasteiger charge is -2.37. The van der Waals surface area contributed by atoms with E-state index in [2.05, 4.69) is 19.2 Å². The predicted octanol–water partition coefficient (Wildman–Crippen LogP) is 3.01. The van der Waals surface area contributed by atoms with Crippen LogP contribution in [0.2, 0.25) is 0 Å². The summed E-state index contributed by atoms with van der Waals surface area (Å²) in [6, 6.07) is -0.0328. The zero-order chi connectivity index (χ0) is 15.2. The average molecular weight is 284 g/mol. The molecule has 0 aromatic rings. The molecule has 0 aliphatic heterocycles. The third kappa shape index (κ3) is 5.70. The molecule has 1 aliphatic rings. The molecule has 1 aliphatic carbocycles. The summed E-state index contributed by atoms with van der Waals surface area (Å²) in [7, 11) is 1.78. The number of rotatable bonds is 6.